The molecule has 0 atom stereocenters. The first-order chi connectivity index (χ1) is 8.70. The summed E-state index contributed by atoms with van der Waals surface area (Å²) in [5, 5.41) is 1.09. The lowest BCUT2D eigenvalue weighted by Crippen LogP contribution is -2.27. The molecule has 94 valence electrons. The van der Waals surface area contributed by atoms with Gasteiger partial charge in [0.2, 0.25) is 0 Å². The number of fused-ring (bicyclic) bond motifs is 1. The van der Waals surface area contributed by atoms with Crippen LogP contribution in [0.2, 0.25) is 0 Å². The van der Waals surface area contributed by atoms with Crippen molar-refractivity contribution in [3.05, 3.63) is 36.4 Å². The fourth-order valence-corrected chi connectivity index (χ4v) is 1.75. The van der Waals surface area contributed by atoms with Gasteiger partial charge in [0.25, 0.3) is 0 Å². The van der Waals surface area contributed by atoms with Crippen LogP contribution in [0.15, 0.2) is 36.4 Å². The summed E-state index contributed by atoms with van der Waals surface area (Å²) in [6.07, 6.45) is 0. The van der Waals surface area contributed by atoms with Crippen LogP contribution in [0.1, 0.15) is 6.92 Å². The van der Waals surface area contributed by atoms with E-state index in [0.717, 1.165) is 16.7 Å². The van der Waals surface area contributed by atoms with Gasteiger partial charge in [0.05, 0.1) is 12.1 Å². The molecule has 18 heavy (non-hydrogen) atoms. The number of carbonyl (C=O) groups is 1. The van der Waals surface area contributed by atoms with Crippen molar-refractivity contribution in [1.82, 2.24) is 4.98 Å². The average Bonchev–Trinajstić information content (AvgIpc) is 2.38. The van der Waals surface area contributed by atoms with Crippen molar-refractivity contribution in [2.45, 2.75) is 6.92 Å². The maximum absolute atomic E-state index is 11.4. The Morgan fingerprint density at radius 3 is 2.83 bits per heavy atom. The average molecular weight is 244 g/mol. The summed E-state index contributed by atoms with van der Waals surface area (Å²) in [6, 6.07) is 11.8. The second-order valence-electron chi connectivity index (χ2n) is 4.02. The predicted octanol–water partition coefficient (Wildman–Crippen LogP) is 2.23. The van der Waals surface area contributed by atoms with Gasteiger partial charge in [-0.05, 0) is 25.1 Å². The minimum Gasteiger partial charge on any atom is -0.465 e. The molecule has 0 radical (unpaired) electrons. The predicted molar refractivity (Wildman–Crippen MR) is 71.6 cm³/mol. The smallest absolute Gasteiger partial charge is 0.325 e. The highest BCUT2D eigenvalue weighted by molar-refractivity contribution is 5.81. The van der Waals surface area contributed by atoms with Crippen LogP contribution in [0.4, 0.5) is 5.82 Å². The number of esters is 1. The lowest BCUT2D eigenvalue weighted by Gasteiger charge is -2.17. The van der Waals surface area contributed by atoms with Crippen molar-refractivity contribution in [3.63, 3.8) is 0 Å². The quantitative estimate of drug-likeness (QED) is 0.773. The molecule has 0 aliphatic heterocycles. The van der Waals surface area contributed by atoms with Gasteiger partial charge in [-0.25, -0.2) is 4.98 Å². The molecule has 1 aromatic carbocycles. The standard InChI is InChI=1S/C14H16N2O2/c1-3-18-14(17)10-16(2)13-9-8-11-6-4-5-7-12(11)15-13/h4-9H,3,10H2,1-2H3. The van der Waals surface area contributed by atoms with E-state index < -0.39 is 0 Å². The molecule has 1 heterocycles. The zero-order valence-corrected chi connectivity index (χ0v) is 10.6. The van der Waals surface area contributed by atoms with E-state index in [-0.39, 0.29) is 12.5 Å². The van der Waals surface area contributed by atoms with Crippen LogP contribution in [-0.2, 0) is 9.53 Å². The fourth-order valence-electron chi connectivity index (χ4n) is 1.75. The molecule has 0 amide bonds. The van der Waals surface area contributed by atoms with Gasteiger partial charge in [0, 0.05) is 12.4 Å². The van der Waals surface area contributed by atoms with E-state index in [9.17, 15) is 4.79 Å². The maximum atomic E-state index is 11.4. The number of hydrogen-bond acceptors (Lipinski definition) is 4. The molecule has 0 aliphatic carbocycles. The summed E-state index contributed by atoms with van der Waals surface area (Å²) in [6.45, 7) is 2.41. The van der Waals surface area contributed by atoms with Gasteiger partial charge in [0.15, 0.2) is 0 Å². The Labute approximate surface area is 106 Å². The van der Waals surface area contributed by atoms with Gasteiger partial charge in [-0.1, -0.05) is 18.2 Å². The Kier molecular flexibility index (Phi) is 3.77. The molecule has 0 spiro atoms. The first-order valence-corrected chi connectivity index (χ1v) is 5.93. The second-order valence-corrected chi connectivity index (χ2v) is 4.02. The van der Waals surface area contributed by atoms with E-state index in [1.54, 1.807) is 11.8 Å². The van der Waals surface area contributed by atoms with E-state index in [1.165, 1.54) is 0 Å². The summed E-state index contributed by atoms with van der Waals surface area (Å²) in [7, 11) is 1.83. The number of anilines is 1. The topological polar surface area (TPSA) is 42.4 Å². The third-order valence-electron chi connectivity index (χ3n) is 2.65. The molecule has 0 saturated carbocycles. The number of benzene rings is 1. The number of aromatic nitrogens is 1. The number of likely N-dealkylation sites (N-methyl/N-ethyl adjacent to an activating group) is 1. The Morgan fingerprint density at radius 1 is 1.28 bits per heavy atom. The SMILES string of the molecule is CCOC(=O)CN(C)c1ccc2ccccc2n1. The van der Waals surface area contributed by atoms with Gasteiger partial charge in [0.1, 0.15) is 12.4 Å². The van der Waals surface area contributed by atoms with Gasteiger partial charge in [-0.15, -0.1) is 0 Å². The van der Waals surface area contributed by atoms with Crippen LogP contribution in [0.3, 0.4) is 0 Å². The number of carbonyl (C=O) groups excluding carboxylic acids is 1. The first-order valence-electron chi connectivity index (χ1n) is 5.93. The molecule has 0 aliphatic rings. The number of para-hydroxylation sites is 1. The highest BCUT2D eigenvalue weighted by Gasteiger charge is 2.09. The summed E-state index contributed by atoms with van der Waals surface area (Å²) < 4.78 is 4.91. The van der Waals surface area contributed by atoms with Crippen molar-refractivity contribution in [3.8, 4) is 0 Å². The molecule has 4 heteroatoms. The zero-order chi connectivity index (χ0) is 13.0. The van der Waals surface area contributed by atoms with Crippen LogP contribution >= 0.6 is 0 Å². The summed E-state index contributed by atoms with van der Waals surface area (Å²) in [5.41, 5.74) is 0.922. The van der Waals surface area contributed by atoms with Crippen molar-refractivity contribution < 1.29 is 9.53 Å². The van der Waals surface area contributed by atoms with E-state index in [4.69, 9.17) is 4.74 Å². The van der Waals surface area contributed by atoms with Crippen molar-refractivity contribution in [2.75, 3.05) is 25.1 Å². The second kappa shape index (κ2) is 5.49. The Balaban J connectivity index is 2.17. The lowest BCUT2D eigenvalue weighted by molar-refractivity contribution is -0.141. The van der Waals surface area contributed by atoms with Crippen molar-refractivity contribution >= 4 is 22.7 Å². The van der Waals surface area contributed by atoms with Crippen LogP contribution in [0, 0.1) is 0 Å². The summed E-state index contributed by atoms with van der Waals surface area (Å²) >= 11 is 0. The van der Waals surface area contributed by atoms with E-state index in [1.807, 2.05) is 43.4 Å². The van der Waals surface area contributed by atoms with Crippen LogP contribution < -0.4 is 4.90 Å². The molecular formula is C14H16N2O2. The largest absolute Gasteiger partial charge is 0.465 e. The number of pyridine rings is 1. The molecule has 1 aromatic heterocycles. The van der Waals surface area contributed by atoms with E-state index >= 15 is 0 Å². The summed E-state index contributed by atoms with van der Waals surface area (Å²) in [4.78, 5) is 17.7. The van der Waals surface area contributed by atoms with Gasteiger partial charge < -0.3 is 9.64 Å². The number of hydrogen-bond donors (Lipinski definition) is 0. The molecule has 0 fully saturated rings. The molecule has 2 aromatic rings. The minimum atomic E-state index is -0.241. The Morgan fingerprint density at radius 2 is 2.06 bits per heavy atom. The molecule has 2 rings (SSSR count). The van der Waals surface area contributed by atoms with Crippen molar-refractivity contribution in [1.29, 1.82) is 0 Å². The van der Waals surface area contributed by atoms with Gasteiger partial charge in [-0.2, -0.15) is 0 Å². The van der Waals surface area contributed by atoms with Gasteiger partial charge >= 0.3 is 5.97 Å². The summed E-state index contributed by atoms with van der Waals surface area (Å²) in [5.74, 6) is 0.525. The van der Waals surface area contributed by atoms with Crippen LogP contribution in [-0.4, -0.2) is 31.2 Å². The van der Waals surface area contributed by atoms with Crippen molar-refractivity contribution in [2.24, 2.45) is 0 Å². The third kappa shape index (κ3) is 2.77. The highest BCUT2D eigenvalue weighted by Crippen LogP contribution is 2.16. The first kappa shape index (κ1) is 12.4. The maximum Gasteiger partial charge on any atom is 0.325 e. The van der Waals surface area contributed by atoms with Crippen LogP contribution in [0.25, 0.3) is 10.9 Å². The number of nitrogens with zero attached hydrogens (tertiary/aromatic N) is 2. The minimum absolute atomic E-state index is 0.208. The third-order valence-corrected chi connectivity index (χ3v) is 2.65. The van der Waals surface area contributed by atoms with Gasteiger partial charge in [-0.3, -0.25) is 4.79 Å². The monoisotopic (exact) mass is 244 g/mol. The molecule has 0 unspecified atom stereocenters. The number of ether oxygens (including phenoxy) is 1. The highest BCUT2D eigenvalue weighted by atomic mass is 16.5. The Hall–Kier alpha value is -2.10. The molecule has 0 N–H and O–H groups in total. The molecule has 4 nitrogen and oxygen atoms in total. The molecule has 0 bridgehead atoms. The van der Waals surface area contributed by atoms with E-state index in [2.05, 4.69) is 4.98 Å². The molecule has 0 saturated heterocycles. The Bertz CT molecular complexity index is 554. The number of rotatable bonds is 4. The molecular weight excluding hydrogens is 228 g/mol. The van der Waals surface area contributed by atoms with E-state index in [0.29, 0.717) is 6.61 Å². The lowest BCUT2D eigenvalue weighted by atomic mass is 10.2. The normalized spacial score (nSPS) is 10.3. The zero-order valence-electron chi connectivity index (χ0n) is 10.6. The van der Waals surface area contributed by atoms with Crippen LogP contribution in [0.5, 0.6) is 0 Å². The fraction of sp³-hybridized carbons (Fsp3) is 0.286.